The van der Waals surface area contributed by atoms with Crippen LogP contribution in [-0.4, -0.2) is 19.4 Å². The summed E-state index contributed by atoms with van der Waals surface area (Å²) in [5, 5.41) is 0. The monoisotopic (exact) mass is 148 g/mol. The predicted molar refractivity (Wildman–Crippen MR) is 38.1 cm³/mol. The van der Waals surface area contributed by atoms with Crippen LogP contribution in [0.2, 0.25) is 0 Å². The molecule has 0 bridgehead atoms. The molecule has 1 aliphatic rings. The third-order valence-corrected chi connectivity index (χ3v) is 4.67. The molecule has 1 heterocycles. The highest BCUT2D eigenvalue weighted by molar-refractivity contribution is 7.59. The highest BCUT2D eigenvalue weighted by Gasteiger charge is 2.31. The summed E-state index contributed by atoms with van der Waals surface area (Å²) in [7, 11) is -0.553. The van der Waals surface area contributed by atoms with Crippen molar-refractivity contribution in [2.45, 2.75) is 13.3 Å². The minimum atomic E-state index is -2.11. The summed E-state index contributed by atoms with van der Waals surface area (Å²) in [5.41, 5.74) is 0. The highest BCUT2D eigenvalue weighted by Crippen LogP contribution is 2.54. The number of hydrogen-bond donors (Lipinski definition) is 0. The van der Waals surface area contributed by atoms with Gasteiger partial charge in [0.15, 0.2) is 0 Å². The van der Waals surface area contributed by atoms with Crippen molar-refractivity contribution < 1.29 is 9.09 Å². The molecule has 1 saturated heterocycles. The zero-order valence-corrected chi connectivity index (χ0v) is 6.86. The van der Waals surface area contributed by atoms with E-state index in [2.05, 4.69) is 6.92 Å². The standard InChI is InChI=1S/C6H13O2P/c1-6-3-4-9(7,5-6)8-2/h6H,3-5H2,1-2H3. The third kappa shape index (κ3) is 1.56. The Kier molecular flexibility index (Phi) is 1.97. The Balaban J connectivity index is 2.55. The highest BCUT2D eigenvalue weighted by atomic mass is 31.2. The van der Waals surface area contributed by atoms with E-state index in [0.717, 1.165) is 18.7 Å². The summed E-state index contributed by atoms with van der Waals surface area (Å²) in [6.45, 7) is 2.12. The average Bonchev–Trinajstić information content (AvgIpc) is 2.13. The first-order chi connectivity index (χ1) is 4.16. The van der Waals surface area contributed by atoms with Gasteiger partial charge in [0.25, 0.3) is 0 Å². The molecule has 0 radical (unpaired) electrons. The Bertz CT molecular complexity index is 144. The number of hydrogen-bond acceptors (Lipinski definition) is 2. The second-order valence-corrected chi connectivity index (χ2v) is 5.60. The molecular weight excluding hydrogens is 135 g/mol. The van der Waals surface area contributed by atoms with Gasteiger partial charge in [0, 0.05) is 19.4 Å². The van der Waals surface area contributed by atoms with Crippen molar-refractivity contribution in [2.75, 3.05) is 19.4 Å². The molecule has 1 fully saturated rings. The van der Waals surface area contributed by atoms with Crippen molar-refractivity contribution in [1.82, 2.24) is 0 Å². The molecule has 0 aliphatic carbocycles. The lowest BCUT2D eigenvalue weighted by Gasteiger charge is -2.06. The molecule has 0 aromatic heterocycles. The topological polar surface area (TPSA) is 26.3 Å². The van der Waals surface area contributed by atoms with E-state index in [1.807, 2.05) is 0 Å². The van der Waals surface area contributed by atoms with E-state index < -0.39 is 7.37 Å². The molecule has 2 atom stereocenters. The van der Waals surface area contributed by atoms with Crippen LogP contribution in [-0.2, 0) is 9.09 Å². The molecular formula is C6H13O2P. The molecule has 0 N–H and O–H groups in total. The molecule has 0 spiro atoms. The molecule has 2 nitrogen and oxygen atoms in total. The molecule has 2 unspecified atom stereocenters. The van der Waals surface area contributed by atoms with Gasteiger partial charge < -0.3 is 4.52 Å². The SMILES string of the molecule is COP1(=O)CCC(C)C1. The predicted octanol–water partition coefficient (Wildman–Crippen LogP) is 1.95. The van der Waals surface area contributed by atoms with E-state index in [1.165, 1.54) is 0 Å². The van der Waals surface area contributed by atoms with Crippen LogP contribution in [0.3, 0.4) is 0 Å². The van der Waals surface area contributed by atoms with Crippen LogP contribution in [0, 0.1) is 5.92 Å². The quantitative estimate of drug-likeness (QED) is 0.531. The summed E-state index contributed by atoms with van der Waals surface area (Å²) in [5.74, 6) is 0.607. The van der Waals surface area contributed by atoms with Gasteiger partial charge in [0.1, 0.15) is 0 Å². The van der Waals surface area contributed by atoms with E-state index in [0.29, 0.717) is 5.92 Å². The largest absolute Gasteiger partial charge is 0.332 e. The van der Waals surface area contributed by atoms with Crippen molar-refractivity contribution >= 4 is 7.37 Å². The van der Waals surface area contributed by atoms with Gasteiger partial charge in [-0.2, -0.15) is 0 Å². The molecule has 0 amide bonds. The molecule has 1 aliphatic heterocycles. The van der Waals surface area contributed by atoms with E-state index in [1.54, 1.807) is 7.11 Å². The average molecular weight is 148 g/mol. The smallest absolute Gasteiger partial charge is 0.203 e. The lowest BCUT2D eigenvalue weighted by atomic mass is 10.2. The molecule has 0 aromatic carbocycles. The Morgan fingerprint density at radius 2 is 2.33 bits per heavy atom. The van der Waals surface area contributed by atoms with Crippen LogP contribution < -0.4 is 0 Å². The van der Waals surface area contributed by atoms with E-state index >= 15 is 0 Å². The first-order valence-corrected chi connectivity index (χ1v) is 5.29. The molecule has 3 heteroatoms. The Labute approximate surface area is 56.0 Å². The van der Waals surface area contributed by atoms with E-state index in [9.17, 15) is 4.57 Å². The normalized spacial score (nSPS) is 43.6. The van der Waals surface area contributed by atoms with E-state index in [4.69, 9.17) is 4.52 Å². The molecule has 9 heavy (non-hydrogen) atoms. The minimum Gasteiger partial charge on any atom is -0.332 e. The molecule has 0 aromatic rings. The van der Waals surface area contributed by atoms with Crippen molar-refractivity contribution in [3.8, 4) is 0 Å². The van der Waals surface area contributed by atoms with Crippen LogP contribution in [0.4, 0.5) is 0 Å². The zero-order chi connectivity index (χ0) is 6.91. The van der Waals surface area contributed by atoms with Gasteiger partial charge in [-0.25, -0.2) is 0 Å². The maximum absolute atomic E-state index is 11.4. The summed E-state index contributed by atoms with van der Waals surface area (Å²) in [4.78, 5) is 0. The van der Waals surface area contributed by atoms with Crippen molar-refractivity contribution in [3.05, 3.63) is 0 Å². The van der Waals surface area contributed by atoms with Gasteiger partial charge in [-0.15, -0.1) is 0 Å². The minimum absolute atomic E-state index is 0.607. The van der Waals surface area contributed by atoms with Crippen LogP contribution in [0.15, 0.2) is 0 Å². The fourth-order valence-electron chi connectivity index (χ4n) is 1.24. The van der Waals surface area contributed by atoms with Crippen LogP contribution in [0.25, 0.3) is 0 Å². The summed E-state index contributed by atoms with van der Waals surface area (Å²) < 4.78 is 16.3. The zero-order valence-electron chi connectivity index (χ0n) is 5.96. The molecule has 1 rings (SSSR count). The lowest BCUT2D eigenvalue weighted by molar-refractivity contribution is 0.398. The number of rotatable bonds is 1. The summed E-state index contributed by atoms with van der Waals surface area (Å²) >= 11 is 0. The molecule has 0 saturated carbocycles. The van der Waals surface area contributed by atoms with Gasteiger partial charge in [0.2, 0.25) is 7.37 Å². The maximum atomic E-state index is 11.4. The van der Waals surface area contributed by atoms with Gasteiger partial charge in [-0.3, -0.25) is 4.57 Å². The Morgan fingerprint density at radius 1 is 1.67 bits per heavy atom. The van der Waals surface area contributed by atoms with Crippen LogP contribution in [0.5, 0.6) is 0 Å². The van der Waals surface area contributed by atoms with Crippen LogP contribution in [0.1, 0.15) is 13.3 Å². The van der Waals surface area contributed by atoms with Gasteiger partial charge in [0.05, 0.1) is 0 Å². The maximum Gasteiger partial charge on any atom is 0.203 e. The second-order valence-electron chi connectivity index (χ2n) is 2.80. The molecule has 54 valence electrons. The van der Waals surface area contributed by atoms with Gasteiger partial charge >= 0.3 is 0 Å². The van der Waals surface area contributed by atoms with Crippen molar-refractivity contribution in [2.24, 2.45) is 5.92 Å². The fourth-order valence-corrected chi connectivity index (χ4v) is 3.72. The van der Waals surface area contributed by atoms with Crippen molar-refractivity contribution in [1.29, 1.82) is 0 Å². The van der Waals surface area contributed by atoms with Gasteiger partial charge in [-0.05, 0) is 12.3 Å². The first-order valence-electron chi connectivity index (χ1n) is 3.30. The third-order valence-electron chi connectivity index (χ3n) is 1.89. The van der Waals surface area contributed by atoms with Crippen LogP contribution >= 0.6 is 7.37 Å². The Hall–Kier alpha value is 0.190. The first kappa shape index (κ1) is 7.30. The summed E-state index contributed by atoms with van der Waals surface area (Å²) in [6, 6.07) is 0. The fraction of sp³-hybridized carbons (Fsp3) is 1.00. The summed E-state index contributed by atoms with van der Waals surface area (Å²) in [6.07, 6.45) is 2.67. The van der Waals surface area contributed by atoms with Gasteiger partial charge in [-0.1, -0.05) is 6.92 Å². The van der Waals surface area contributed by atoms with E-state index in [-0.39, 0.29) is 0 Å². The second kappa shape index (κ2) is 2.43. The Morgan fingerprint density at radius 3 is 2.56 bits per heavy atom. The van der Waals surface area contributed by atoms with Crippen molar-refractivity contribution in [3.63, 3.8) is 0 Å². The lowest BCUT2D eigenvalue weighted by Crippen LogP contribution is -1.90.